The van der Waals surface area contributed by atoms with Crippen molar-refractivity contribution in [3.05, 3.63) is 42.0 Å². The lowest BCUT2D eigenvalue weighted by Gasteiger charge is -2.05. The molecule has 3 heteroatoms. The van der Waals surface area contributed by atoms with E-state index in [1.807, 2.05) is 23.7 Å². The molecule has 1 aromatic heterocycles. The van der Waals surface area contributed by atoms with Crippen molar-refractivity contribution in [2.45, 2.75) is 20.3 Å². The zero-order valence-electron chi connectivity index (χ0n) is 8.44. The van der Waals surface area contributed by atoms with Crippen LogP contribution in [0.1, 0.15) is 18.3 Å². The highest BCUT2D eigenvalue weighted by Gasteiger charge is 2.03. The first-order valence-electron chi connectivity index (χ1n) is 4.78. The summed E-state index contributed by atoms with van der Waals surface area (Å²) in [6, 6.07) is 8.25. The largest absolute Gasteiger partial charge is 0.221 e. The molecule has 2 aromatic rings. The number of hydrogen-bond donors (Lipinski definition) is 0. The van der Waals surface area contributed by atoms with Crippen LogP contribution >= 0.6 is 0 Å². The summed E-state index contributed by atoms with van der Waals surface area (Å²) in [5.41, 5.74) is 2.41. The first kappa shape index (κ1) is 8.94. The molecule has 3 nitrogen and oxygen atoms in total. The molecule has 0 aliphatic heterocycles. The van der Waals surface area contributed by atoms with Gasteiger partial charge in [-0.2, -0.15) is 5.10 Å². The van der Waals surface area contributed by atoms with Gasteiger partial charge in [-0.05, 0) is 25.0 Å². The van der Waals surface area contributed by atoms with Crippen LogP contribution in [0.5, 0.6) is 0 Å². The number of hydrogen-bond acceptors (Lipinski definition) is 2. The lowest BCUT2D eigenvalue weighted by atomic mass is 10.1. The van der Waals surface area contributed by atoms with Crippen molar-refractivity contribution in [3.63, 3.8) is 0 Å². The highest BCUT2D eigenvalue weighted by molar-refractivity contribution is 5.39. The molecular formula is C11H13N3. The Labute approximate surface area is 83.4 Å². The monoisotopic (exact) mass is 187 g/mol. The van der Waals surface area contributed by atoms with Crippen molar-refractivity contribution < 1.29 is 0 Å². The lowest BCUT2D eigenvalue weighted by molar-refractivity contribution is 0.847. The van der Waals surface area contributed by atoms with Gasteiger partial charge >= 0.3 is 0 Å². The van der Waals surface area contributed by atoms with E-state index in [0.717, 1.165) is 17.9 Å². The average Bonchev–Trinajstić information content (AvgIpc) is 2.65. The maximum atomic E-state index is 4.30. The van der Waals surface area contributed by atoms with Crippen molar-refractivity contribution in [2.24, 2.45) is 0 Å². The molecule has 0 atom stereocenters. The fourth-order valence-corrected chi connectivity index (χ4v) is 1.50. The number of para-hydroxylation sites is 1. The van der Waals surface area contributed by atoms with Crippen LogP contribution in [0.25, 0.3) is 5.69 Å². The van der Waals surface area contributed by atoms with E-state index < -0.39 is 0 Å². The Hall–Kier alpha value is -1.64. The van der Waals surface area contributed by atoms with Gasteiger partial charge in [-0.1, -0.05) is 25.1 Å². The number of benzene rings is 1. The molecule has 0 aliphatic rings. The van der Waals surface area contributed by atoms with E-state index >= 15 is 0 Å². The summed E-state index contributed by atoms with van der Waals surface area (Å²) >= 11 is 0. The summed E-state index contributed by atoms with van der Waals surface area (Å²) in [6.45, 7) is 4.04. The van der Waals surface area contributed by atoms with Gasteiger partial charge in [0.05, 0.1) is 5.69 Å². The molecule has 14 heavy (non-hydrogen) atoms. The third-order valence-corrected chi connectivity index (χ3v) is 2.23. The van der Waals surface area contributed by atoms with E-state index in [2.05, 4.69) is 29.1 Å². The minimum absolute atomic E-state index is 0.802. The molecule has 0 fully saturated rings. The minimum Gasteiger partial charge on any atom is -0.221 e. The lowest BCUT2D eigenvalue weighted by Crippen LogP contribution is -1.99. The van der Waals surface area contributed by atoms with Crippen LogP contribution in [0.2, 0.25) is 0 Å². The van der Waals surface area contributed by atoms with Gasteiger partial charge in [0, 0.05) is 0 Å². The number of aromatic nitrogens is 3. The quantitative estimate of drug-likeness (QED) is 0.721. The van der Waals surface area contributed by atoms with Crippen molar-refractivity contribution in [2.75, 3.05) is 0 Å². The molecule has 0 amide bonds. The van der Waals surface area contributed by atoms with E-state index in [-0.39, 0.29) is 0 Å². The Morgan fingerprint density at radius 2 is 2.07 bits per heavy atom. The fourth-order valence-electron chi connectivity index (χ4n) is 1.50. The highest BCUT2D eigenvalue weighted by atomic mass is 15.3. The first-order chi connectivity index (χ1) is 6.81. The standard InChI is InChI=1S/C11H13N3/c1-3-10-6-4-5-7-11(10)14-8-12-9(2)13-14/h4-8H,3H2,1-2H3. The smallest absolute Gasteiger partial charge is 0.147 e. The summed E-state index contributed by atoms with van der Waals surface area (Å²) in [5, 5.41) is 4.30. The Balaban J connectivity index is 2.50. The molecule has 0 saturated carbocycles. The highest BCUT2D eigenvalue weighted by Crippen LogP contribution is 2.13. The summed E-state index contributed by atoms with van der Waals surface area (Å²) in [4.78, 5) is 4.12. The normalized spacial score (nSPS) is 10.4. The van der Waals surface area contributed by atoms with E-state index in [0.29, 0.717) is 0 Å². The molecule has 72 valence electrons. The predicted octanol–water partition coefficient (Wildman–Crippen LogP) is 2.14. The summed E-state index contributed by atoms with van der Waals surface area (Å²) < 4.78 is 1.83. The SMILES string of the molecule is CCc1ccccc1-n1cnc(C)n1. The summed E-state index contributed by atoms with van der Waals surface area (Å²) in [5.74, 6) is 0.802. The van der Waals surface area contributed by atoms with Gasteiger partial charge in [0.1, 0.15) is 12.2 Å². The Bertz CT molecular complexity index is 432. The van der Waals surface area contributed by atoms with Gasteiger partial charge in [0.25, 0.3) is 0 Å². The second kappa shape index (κ2) is 3.62. The van der Waals surface area contributed by atoms with E-state index in [4.69, 9.17) is 0 Å². The molecule has 0 unspecified atom stereocenters. The third-order valence-electron chi connectivity index (χ3n) is 2.23. The maximum absolute atomic E-state index is 4.30. The van der Waals surface area contributed by atoms with Gasteiger partial charge in [-0.3, -0.25) is 0 Å². The zero-order chi connectivity index (χ0) is 9.97. The fraction of sp³-hybridized carbons (Fsp3) is 0.273. The van der Waals surface area contributed by atoms with E-state index in [9.17, 15) is 0 Å². The van der Waals surface area contributed by atoms with Crippen molar-refractivity contribution in [1.82, 2.24) is 14.8 Å². The zero-order valence-corrected chi connectivity index (χ0v) is 8.44. The van der Waals surface area contributed by atoms with Crippen molar-refractivity contribution in [1.29, 1.82) is 0 Å². The Kier molecular flexibility index (Phi) is 2.31. The second-order valence-electron chi connectivity index (χ2n) is 3.22. The van der Waals surface area contributed by atoms with Crippen LogP contribution in [0.3, 0.4) is 0 Å². The van der Waals surface area contributed by atoms with Gasteiger partial charge in [-0.15, -0.1) is 0 Å². The van der Waals surface area contributed by atoms with E-state index in [1.54, 1.807) is 6.33 Å². The molecular weight excluding hydrogens is 174 g/mol. The molecule has 1 aromatic carbocycles. The van der Waals surface area contributed by atoms with E-state index in [1.165, 1.54) is 5.56 Å². The summed E-state index contributed by atoms with van der Waals surface area (Å²) in [7, 11) is 0. The molecule has 0 spiro atoms. The molecule has 0 aliphatic carbocycles. The first-order valence-corrected chi connectivity index (χ1v) is 4.78. The Morgan fingerprint density at radius 1 is 1.29 bits per heavy atom. The van der Waals surface area contributed by atoms with Crippen LogP contribution < -0.4 is 0 Å². The van der Waals surface area contributed by atoms with Crippen LogP contribution in [0.4, 0.5) is 0 Å². The minimum atomic E-state index is 0.802. The predicted molar refractivity (Wildman–Crippen MR) is 55.5 cm³/mol. The van der Waals surface area contributed by atoms with Crippen LogP contribution in [-0.4, -0.2) is 14.8 Å². The number of rotatable bonds is 2. The van der Waals surface area contributed by atoms with Gasteiger partial charge < -0.3 is 0 Å². The average molecular weight is 187 g/mol. The second-order valence-corrected chi connectivity index (χ2v) is 3.22. The third kappa shape index (κ3) is 1.53. The van der Waals surface area contributed by atoms with Crippen LogP contribution in [0.15, 0.2) is 30.6 Å². The van der Waals surface area contributed by atoms with Crippen molar-refractivity contribution >= 4 is 0 Å². The van der Waals surface area contributed by atoms with Crippen LogP contribution in [0, 0.1) is 6.92 Å². The van der Waals surface area contributed by atoms with Crippen LogP contribution in [-0.2, 0) is 6.42 Å². The molecule has 0 bridgehead atoms. The van der Waals surface area contributed by atoms with Crippen molar-refractivity contribution in [3.8, 4) is 5.69 Å². The number of aryl methyl sites for hydroxylation is 2. The summed E-state index contributed by atoms with van der Waals surface area (Å²) in [6.07, 6.45) is 2.76. The van der Waals surface area contributed by atoms with Gasteiger partial charge in [0.15, 0.2) is 0 Å². The Morgan fingerprint density at radius 3 is 2.71 bits per heavy atom. The number of nitrogens with zero attached hydrogens (tertiary/aromatic N) is 3. The molecule has 0 saturated heterocycles. The maximum Gasteiger partial charge on any atom is 0.147 e. The topological polar surface area (TPSA) is 30.7 Å². The molecule has 0 radical (unpaired) electrons. The molecule has 2 rings (SSSR count). The molecule has 0 N–H and O–H groups in total. The van der Waals surface area contributed by atoms with Gasteiger partial charge in [0.2, 0.25) is 0 Å². The van der Waals surface area contributed by atoms with Gasteiger partial charge in [-0.25, -0.2) is 9.67 Å². The molecule has 1 heterocycles.